The Bertz CT molecular complexity index is 3740. The van der Waals surface area contributed by atoms with Crippen LogP contribution in [0.4, 0.5) is 0 Å². The largest absolute Gasteiger partial charge is 0.307 e. The van der Waals surface area contributed by atoms with Gasteiger partial charge in [0.2, 0.25) is 5.95 Å². The van der Waals surface area contributed by atoms with E-state index in [-0.39, 0.29) is 0 Å². The molecule has 0 atom stereocenters. The van der Waals surface area contributed by atoms with Crippen LogP contribution in [0.1, 0.15) is 0 Å². The molecule has 0 fully saturated rings. The van der Waals surface area contributed by atoms with Crippen LogP contribution in [0.5, 0.6) is 0 Å². The molecule has 0 aliphatic rings. The molecule has 0 aliphatic carbocycles. The Morgan fingerprint density at radius 1 is 0.352 bits per heavy atom. The Kier molecular flexibility index (Phi) is 5.34. The van der Waals surface area contributed by atoms with Gasteiger partial charge in [-0.15, -0.1) is 0 Å². The standard InChI is InChI=1S/C50H28N4/c1-2-14-32-27-33(22-21-29(32)11-1)46-39-26-24-30-12-3-5-15-34(30)47(39)52-50(51-46)53-42-20-10-8-18-37(42)44-43(53)28-40-36-17-7-9-19-41(36)54-48-35-16-6-4-13-31(35)23-25-38(48)45(44)49(40)54/h1-28H. The van der Waals surface area contributed by atoms with Crippen molar-refractivity contribution in [3.05, 3.63) is 170 Å². The van der Waals surface area contributed by atoms with Gasteiger partial charge in [0.05, 0.1) is 38.8 Å². The Morgan fingerprint density at radius 3 is 1.81 bits per heavy atom. The minimum Gasteiger partial charge on any atom is -0.307 e. The van der Waals surface area contributed by atoms with Gasteiger partial charge < -0.3 is 4.40 Å². The van der Waals surface area contributed by atoms with E-state index in [1.165, 1.54) is 70.4 Å². The predicted molar refractivity (Wildman–Crippen MR) is 226 cm³/mol. The summed E-state index contributed by atoms with van der Waals surface area (Å²) in [4.78, 5) is 11.1. The summed E-state index contributed by atoms with van der Waals surface area (Å²) in [5.41, 5.74) is 8.88. The summed E-state index contributed by atoms with van der Waals surface area (Å²) in [6.45, 7) is 0. The van der Waals surface area contributed by atoms with Crippen LogP contribution in [0.3, 0.4) is 0 Å². The molecule has 4 heterocycles. The molecule has 0 spiro atoms. The first-order valence-corrected chi connectivity index (χ1v) is 18.5. The topological polar surface area (TPSA) is 35.1 Å². The Balaban J connectivity index is 1.24. The molecule has 4 nitrogen and oxygen atoms in total. The highest BCUT2D eigenvalue weighted by Crippen LogP contribution is 2.48. The highest BCUT2D eigenvalue weighted by Gasteiger charge is 2.26. The fourth-order valence-corrected chi connectivity index (χ4v) is 9.49. The molecule has 0 bridgehead atoms. The maximum Gasteiger partial charge on any atom is 0.235 e. The van der Waals surface area contributed by atoms with Crippen LogP contribution in [0.2, 0.25) is 0 Å². The summed E-state index contributed by atoms with van der Waals surface area (Å²) in [6, 6.07) is 61.6. The zero-order valence-electron chi connectivity index (χ0n) is 29.0. The molecule has 0 unspecified atom stereocenters. The Hall–Kier alpha value is -7.30. The minimum atomic E-state index is 0.667. The Labute approximate surface area is 308 Å². The molecular weight excluding hydrogens is 657 g/mol. The van der Waals surface area contributed by atoms with Crippen molar-refractivity contribution in [2.75, 3.05) is 0 Å². The molecule has 0 amide bonds. The fourth-order valence-electron chi connectivity index (χ4n) is 9.49. The van der Waals surface area contributed by atoms with Crippen LogP contribution in [-0.2, 0) is 0 Å². The third-order valence-electron chi connectivity index (χ3n) is 11.8. The second-order valence-electron chi connectivity index (χ2n) is 14.5. The SMILES string of the molecule is c1ccc2cc(-c3nc(-n4c5ccccc5c5c6c7ccc8ccccc8c7n7c8ccccc8c(cc54)c67)nc4c3ccc3ccccc34)ccc2c1. The van der Waals surface area contributed by atoms with Gasteiger partial charge in [0.15, 0.2) is 0 Å². The van der Waals surface area contributed by atoms with Gasteiger partial charge in [-0.2, -0.15) is 0 Å². The summed E-state index contributed by atoms with van der Waals surface area (Å²) < 4.78 is 4.83. The molecular formula is C50H28N4. The number of para-hydroxylation sites is 2. The zero-order valence-corrected chi connectivity index (χ0v) is 29.0. The lowest BCUT2D eigenvalue weighted by atomic mass is 10.00. The maximum absolute atomic E-state index is 5.56. The van der Waals surface area contributed by atoms with E-state index in [1.54, 1.807) is 0 Å². The van der Waals surface area contributed by atoms with Gasteiger partial charge in [0, 0.05) is 54.0 Å². The van der Waals surface area contributed by atoms with E-state index in [1.807, 2.05) is 0 Å². The molecule has 248 valence electrons. The number of hydrogen-bond acceptors (Lipinski definition) is 2. The quantitative estimate of drug-likeness (QED) is 0.170. The second-order valence-corrected chi connectivity index (χ2v) is 14.5. The number of hydrogen-bond donors (Lipinski definition) is 0. The van der Waals surface area contributed by atoms with Crippen LogP contribution >= 0.6 is 0 Å². The minimum absolute atomic E-state index is 0.667. The monoisotopic (exact) mass is 684 g/mol. The molecule has 4 heteroatoms. The van der Waals surface area contributed by atoms with Crippen molar-refractivity contribution in [3.63, 3.8) is 0 Å². The zero-order chi connectivity index (χ0) is 35.1. The van der Waals surface area contributed by atoms with Crippen molar-refractivity contribution in [2.24, 2.45) is 0 Å². The third-order valence-corrected chi connectivity index (χ3v) is 11.8. The van der Waals surface area contributed by atoms with Gasteiger partial charge in [0.1, 0.15) is 0 Å². The van der Waals surface area contributed by atoms with Gasteiger partial charge >= 0.3 is 0 Å². The summed E-state index contributed by atoms with van der Waals surface area (Å²) in [6.07, 6.45) is 0. The van der Waals surface area contributed by atoms with Crippen LogP contribution in [0.15, 0.2) is 170 Å². The fraction of sp³-hybridized carbons (Fsp3) is 0. The van der Waals surface area contributed by atoms with E-state index >= 15 is 0 Å². The van der Waals surface area contributed by atoms with E-state index in [4.69, 9.17) is 9.97 Å². The van der Waals surface area contributed by atoms with Gasteiger partial charge in [-0.3, -0.25) is 4.57 Å². The average molecular weight is 685 g/mol. The first-order chi connectivity index (χ1) is 26.8. The number of fused-ring (bicyclic) bond motifs is 16. The van der Waals surface area contributed by atoms with Crippen molar-refractivity contribution in [3.8, 4) is 17.2 Å². The molecule has 9 aromatic carbocycles. The van der Waals surface area contributed by atoms with Crippen LogP contribution in [0, 0.1) is 0 Å². The molecule has 0 saturated carbocycles. The molecule has 0 radical (unpaired) electrons. The van der Waals surface area contributed by atoms with E-state index < -0.39 is 0 Å². The number of rotatable bonds is 2. The first-order valence-electron chi connectivity index (χ1n) is 18.5. The molecule has 0 N–H and O–H groups in total. The highest BCUT2D eigenvalue weighted by molar-refractivity contribution is 6.37. The number of nitrogens with zero attached hydrogens (tertiary/aromatic N) is 4. The van der Waals surface area contributed by atoms with Crippen LogP contribution < -0.4 is 0 Å². The van der Waals surface area contributed by atoms with Gasteiger partial charge in [-0.25, -0.2) is 9.97 Å². The second kappa shape index (κ2) is 10.2. The molecule has 0 saturated heterocycles. The summed E-state index contributed by atoms with van der Waals surface area (Å²) in [5, 5.41) is 15.6. The third kappa shape index (κ3) is 3.57. The summed E-state index contributed by atoms with van der Waals surface area (Å²) >= 11 is 0. The summed E-state index contributed by atoms with van der Waals surface area (Å²) in [7, 11) is 0. The predicted octanol–water partition coefficient (Wildman–Crippen LogP) is 13.0. The van der Waals surface area contributed by atoms with Crippen LogP contribution in [0.25, 0.3) is 120 Å². The van der Waals surface area contributed by atoms with Gasteiger partial charge in [0.25, 0.3) is 0 Å². The lowest BCUT2D eigenvalue weighted by molar-refractivity contribution is 1.02. The van der Waals surface area contributed by atoms with Crippen molar-refractivity contribution in [1.82, 2.24) is 18.9 Å². The molecule has 13 aromatic rings. The normalized spacial score (nSPS) is 12.4. The molecule has 13 rings (SSSR count). The van der Waals surface area contributed by atoms with Gasteiger partial charge in [-0.05, 0) is 51.9 Å². The number of benzene rings is 9. The van der Waals surface area contributed by atoms with Crippen molar-refractivity contribution >= 4 is 103 Å². The average Bonchev–Trinajstić information content (AvgIpc) is 3.87. The van der Waals surface area contributed by atoms with Crippen molar-refractivity contribution in [2.45, 2.75) is 0 Å². The molecule has 4 aromatic heterocycles. The van der Waals surface area contributed by atoms with E-state index in [0.29, 0.717) is 5.95 Å². The van der Waals surface area contributed by atoms with Crippen LogP contribution in [-0.4, -0.2) is 18.9 Å². The molecule has 54 heavy (non-hydrogen) atoms. The van der Waals surface area contributed by atoms with E-state index in [9.17, 15) is 0 Å². The lowest BCUT2D eigenvalue weighted by Gasteiger charge is -2.14. The Morgan fingerprint density at radius 2 is 0.981 bits per heavy atom. The maximum atomic E-state index is 5.56. The highest BCUT2D eigenvalue weighted by atomic mass is 15.2. The van der Waals surface area contributed by atoms with Crippen molar-refractivity contribution < 1.29 is 0 Å². The number of aromatic nitrogens is 4. The van der Waals surface area contributed by atoms with Gasteiger partial charge in [-0.1, -0.05) is 140 Å². The van der Waals surface area contributed by atoms with E-state index in [2.05, 4.69) is 179 Å². The smallest absolute Gasteiger partial charge is 0.235 e. The first kappa shape index (κ1) is 28.3. The van der Waals surface area contributed by atoms with Crippen molar-refractivity contribution in [1.29, 1.82) is 0 Å². The molecule has 0 aliphatic heterocycles. The summed E-state index contributed by atoms with van der Waals surface area (Å²) in [5.74, 6) is 0.667. The van der Waals surface area contributed by atoms with E-state index in [0.717, 1.165) is 44.0 Å². The lowest BCUT2D eigenvalue weighted by Crippen LogP contribution is -2.04.